The third kappa shape index (κ3) is 5.38. The van der Waals surface area contributed by atoms with Gasteiger partial charge in [-0.3, -0.25) is 0 Å². The zero-order valence-electron chi connectivity index (χ0n) is 18.6. The van der Waals surface area contributed by atoms with E-state index >= 15 is 0 Å². The predicted molar refractivity (Wildman–Crippen MR) is 131 cm³/mol. The normalized spacial score (nSPS) is 10.8. The Kier molecular flexibility index (Phi) is 7.00. The largest absolute Gasteiger partial charge is 0.378 e. The molecule has 1 heterocycles. The van der Waals surface area contributed by atoms with Crippen LogP contribution >= 0.6 is 0 Å². The summed E-state index contributed by atoms with van der Waals surface area (Å²) in [6.07, 6.45) is 7.46. The van der Waals surface area contributed by atoms with Crippen LogP contribution < -0.4 is 9.80 Å². The number of aromatic nitrogens is 2. The number of benzene rings is 2. The number of nitriles is 2. The Hall–Kier alpha value is -4.42. The number of rotatable bonds is 6. The van der Waals surface area contributed by atoms with Crippen molar-refractivity contribution in [2.75, 3.05) is 38.0 Å². The Morgan fingerprint density at radius 1 is 0.594 bits per heavy atom. The van der Waals surface area contributed by atoms with Gasteiger partial charge in [0.25, 0.3) is 0 Å². The Labute approximate surface area is 189 Å². The molecule has 6 heteroatoms. The highest BCUT2D eigenvalue weighted by Gasteiger charge is 2.10. The monoisotopic (exact) mass is 420 g/mol. The highest BCUT2D eigenvalue weighted by molar-refractivity contribution is 5.77. The molecule has 3 rings (SSSR count). The molecule has 0 saturated carbocycles. The summed E-state index contributed by atoms with van der Waals surface area (Å²) < 4.78 is 0. The van der Waals surface area contributed by atoms with Gasteiger partial charge in [0.1, 0.15) is 12.1 Å². The molecule has 0 bridgehead atoms. The summed E-state index contributed by atoms with van der Waals surface area (Å²) in [6.45, 7) is 0. The Balaban J connectivity index is 1.95. The topological polar surface area (TPSA) is 79.8 Å². The molecule has 0 aliphatic heterocycles. The Morgan fingerprint density at radius 3 is 1.22 bits per heavy atom. The molecule has 0 amide bonds. The average Bonchev–Trinajstić information content (AvgIpc) is 2.81. The van der Waals surface area contributed by atoms with E-state index in [4.69, 9.17) is 0 Å². The van der Waals surface area contributed by atoms with Crippen LogP contribution in [-0.4, -0.2) is 38.2 Å². The molecule has 0 saturated heterocycles. The molecule has 0 N–H and O–H groups in total. The first-order valence-corrected chi connectivity index (χ1v) is 10.0. The fourth-order valence-electron chi connectivity index (χ4n) is 2.98. The number of hydrogen-bond acceptors (Lipinski definition) is 6. The summed E-state index contributed by atoms with van der Waals surface area (Å²) >= 11 is 0. The van der Waals surface area contributed by atoms with E-state index in [1.54, 1.807) is 0 Å². The van der Waals surface area contributed by atoms with Gasteiger partial charge in [-0.1, -0.05) is 36.4 Å². The highest BCUT2D eigenvalue weighted by atomic mass is 15.1. The van der Waals surface area contributed by atoms with E-state index < -0.39 is 0 Å². The van der Waals surface area contributed by atoms with E-state index in [9.17, 15) is 10.5 Å². The van der Waals surface area contributed by atoms with Crippen LogP contribution in [0, 0.1) is 22.7 Å². The van der Waals surface area contributed by atoms with Gasteiger partial charge in [0.2, 0.25) is 0 Å². The maximum Gasteiger partial charge on any atom is 0.177 e. The van der Waals surface area contributed by atoms with Gasteiger partial charge in [-0.25, -0.2) is 9.97 Å². The predicted octanol–water partition coefficient (Wildman–Crippen LogP) is 4.69. The van der Waals surface area contributed by atoms with Crippen LogP contribution in [0.15, 0.2) is 48.5 Å². The SMILES string of the molecule is CN(C)c1ccc(/C=C/c2nc(C#N)c(C#N)nc2/C=C/c2ccc(N(C)C)cc2)cc1. The first kappa shape index (κ1) is 22.3. The quantitative estimate of drug-likeness (QED) is 0.575. The van der Waals surface area contributed by atoms with Crippen LogP contribution in [0.25, 0.3) is 24.3 Å². The van der Waals surface area contributed by atoms with Crippen LogP contribution in [0.5, 0.6) is 0 Å². The zero-order chi connectivity index (χ0) is 23.1. The van der Waals surface area contributed by atoms with Gasteiger partial charge in [0.15, 0.2) is 11.4 Å². The summed E-state index contributed by atoms with van der Waals surface area (Å²) in [7, 11) is 7.97. The fourth-order valence-corrected chi connectivity index (χ4v) is 2.98. The molecule has 0 aliphatic carbocycles. The molecule has 3 aromatic rings. The molecular weight excluding hydrogens is 396 g/mol. The Morgan fingerprint density at radius 2 is 0.938 bits per heavy atom. The lowest BCUT2D eigenvalue weighted by Crippen LogP contribution is -2.07. The molecule has 0 aliphatic rings. The maximum atomic E-state index is 9.36. The number of nitrogens with zero attached hydrogens (tertiary/aromatic N) is 6. The van der Waals surface area contributed by atoms with Crippen molar-refractivity contribution in [1.29, 1.82) is 10.5 Å². The highest BCUT2D eigenvalue weighted by Crippen LogP contribution is 2.19. The van der Waals surface area contributed by atoms with E-state index in [1.165, 1.54) is 0 Å². The van der Waals surface area contributed by atoms with Crippen LogP contribution in [-0.2, 0) is 0 Å². The van der Waals surface area contributed by atoms with Gasteiger partial charge >= 0.3 is 0 Å². The van der Waals surface area contributed by atoms with Gasteiger partial charge in [-0.2, -0.15) is 10.5 Å². The first-order chi connectivity index (χ1) is 15.4. The van der Waals surface area contributed by atoms with Crippen molar-refractivity contribution in [1.82, 2.24) is 9.97 Å². The minimum atomic E-state index is 0.0163. The molecule has 6 nitrogen and oxygen atoms in total. The molecule has 0 fully saturated rings. The number of hydrogen-bond donors (Lipinski definition) is 0. The lowest BCUT2D eigenvalue weighted by atomic mass is 10.1. The maximum absolute atomic E-state index is 9.36. The third-order valence-corrected chi connectivity index (χ3v) is 4.85. The van der Waals surface area contributed by atoms with E-state index in [2.05, 4.69) is 9.97 Å². The van der Waals surface area contributed by atoms with Crippen LogP contribution in [0.2, 0.25) is 0 Å². The molecular formula is C26H24N6. The molecule has 158 valence electrons. The van der Waals surface area contributed by atoms with Crippen molar-refractivity contribution in [3.05, 3.63) is 82.4 Å². The van der Waals surface area contributed by atoms with Gasteiger partial charge in [-0.15, -0.1) is 0 Å². The molecule has 0 atom stereocenters. The fraction of sp³-hybridized carbons (Fsp3) is 0.154. The third-order valence-electron chi connectivity index (χ3n) is 4.85. The van der Waals surface area contributed by atoms with Gasteiger partial charge < -0.3 is 9.80 Å². The first-order valence-electron chi connectivity index (χ1n) is 10.0. The summed E-state index contributed by atoms with van der Waals surface area (Å²) in [5, 5.41) is 18.7. The molecule has 0 radical (unpaired) electrons. The molecule has 2 aromatic carbocycles. The molecule has 0 unspecified atom stereocenters. The summed E-state index contributed by atoms with van der Waals surface area (Å²) in [5.41, 5.74) is 5.29. The van der Waals surface area contributed by atoms with Crippen molar-refractivity contribution in [2.24, 2.45) is 0 Å². The molecule has 32 heavy (non-hydrogen) atoms. The van der Waals surface area contributed by atoms with Crippen molar-refractivity contribution >= 4 is 35.7 Å². The van der Waals surface area contributed by atoms with Crippen LogP contribution in [0.3, 0.4) is 0 Å². The van der Waals surface area contributed by atoms with Crippen LogP contribution in [0.4, 0.5) is 11.4 Å². The second kappa shape index (κ2) is 10.1. The summed E-state index contributed by atoms with van der Waals surface area (Å²) in [6, 6.07) is 20.1. The lowest BCUT2D eigenvalue weighted by molar-refractivity contribution is 1.10. The summed E-state index contributed by atoms with van der Waals surface area (Å²) in [5.74, 6) is 0. The molecule has 0 spiro atoms. The zero-order valence-corrected chi connectivity index (χ0v) is 18.6. The van der Waals surface area contributed by atoms with Gasteiger partial charge in [-0.05, 0) is 47.5 Å². The van der Waals surface area contributed by atoms with E-state index in [0.717, 1.165) is 22.5 Å². The van der Waals surface area contributed by atoms with E-state index in [1.807, 2.05) is 123 Å². The van der Waals surface area contributed by atoms with Crippen molar-refractivity contribution in [3.63, 3.8) is 0 Å². The minimum Gasteiger partial charge on any atom is -0.378 e. The molecule has 1 aromatic heterocycles. The minimum absolute atomic E-state index is 0.0163. The lowest BCUT2D eigenvalue weighted by Gasteiger charge is -2.12. The smallest absolute Gasteiger partial charge is 0.177 e. The van der Waals surface area contributed by atoms with Crippen LogP contribution in [0.1, 0.15) is 33.9 Å². The van der Waals surface area contributed by atoms with E-state index in [0.29, 0.717) is 11.4 Å². The summed E-state index contributed by atoms with van der Waals surface area (Å²) in [4.78, 5) is 12.8. The Bertz CT molecular complexity index is 1120. The van der Waals surface area contributed by atoms with Gasteiger partial charge in [0, 0.05) is 39.6 Å². The van der Waals surface area contributed by atoms with Crippen molar-refractivity contribution in [2.45, 2.75) is 0 Å². The average molecular weight is 421 g/mol. The van der Waals surface area contributed by atoms with Crippen molar-refractivity contribution < 1.29 is 0 Å². The second-order valence-corrected chi connectivity index (χ2v) is 7.55. The van der Waals surface area contributed by atoms with Crippen molar-refractivity contribution in [3.8, 4) is 12.1 Å². The van der Waals surface area contributed by atoms with E-state index in [-0.39, 0.29) is 11.4 Å². The van der Waals surface area contributed by atoms with Gasteiger partial charge in [0.05, 0.1) is 11.4 Å². The second-order valence-electron chi connectivity index (χ2n) is 7.55. The standard InChI is InChI=1S/C26H24N6/c1-31(2)21-11-5-19(6-12-21)9-15-23-24(30-26(18-28)25(17-27)29-23)16-10-20-7-13-22(14-8-20)32(3)4/h5-16H,1-4H3/b15-9+,16-10+. The number of anilines is 2.